The van der Waals surface area contributed by atoms with E-state index in [2.05, 4.69) is 15.5 Å². The monoisotopic (exact) mass is 720 g/mol. The Morgan fingerprint density at radius 2 is 1.92 bits per heavy atom. The molecule has 1 aromatic carbocycles. The van der Waals surface area contributed by atoms with E-state index in [9.17, 15) is 24.3 Å². The molecule has 2 aliphatic carbocycles. The zero-order chi connectivity index (χ0) is 36.5. The fourth-order valence-corrected chi connectivity index (χ4v) is 8.55. The third-order valence-electron chi connectivity index (χ3n) is 11.1. The number of piperidine rings is 1. The van der Waals surface area contributed by atoms with Crippen molar-refractivity contribution < 1.29 is 42.6 Å². The number of anilines is 2. The average Bonchev–Trinajstić information content (AvgIpc) is 3.66. The predicted octanol–water partition coefficient (Wildman–Crippen LogP) is 1.97. The molecular weight excluding hydrogens is 682 g/mol. The van der Waals surface area contributed by atoms with Crippen molar-refractivity contribution in [2.45, 2.75) is 62.6 Å². The van der Waals surface area contributed by atoms with Gasteiger partial charge in [0.25, 0.3) is 5.91 Å². The SMILES string of the molecule is CO/N=C1\C(=O)N(Cc2cn(CC(=O)N3CCC[C@@H]4CN(c5c(F)cc6c(c5OC)N(C5CC5)CC(C(=O)O)C6=O)C[C@@H]43)nn2)C2C=CC=CC12F. The minimum absolute atomic E-state index is 0.00611. The van der Waals surface area contributed by atoms with Gasteiger partial charge in [0.1, 0.15) is 31.0 Å². The molecule has 4 fully saturated rings. The van der Waals surface area contributed by atoms with Crippen molar-refractivity contribution in [3.63, 3.8) is 0 Å². The number of Topliss-reactive ketones (excluding diaryl/α,β-unsaturated/α-hetero) is 1. The van der Waals surface area contributed by atoms with Crippen LogP contribution in [0.5, 0.6) is 5.75 Å². The first-order chi connectivity index (χ1) is 25.0. The second kappa shape index (κ2) is 12.7. The van der Waals surface area contributed by atoms with E-state index in [1.54, 1.807) is 23.2 Å². The van der Waals surface area contributed by atoms with Crippen LogP contribution >= 0.6 is 0 Å². The number of hydrogen-bond acceptors (Lipinski definition) is 11. The summed E-state index contributed by atoms with van der Waals surface area (Å²) in [6.45, 7) is 1.10. The molecule has 2 amide bonds. The lowest BCUT2D eigenvalue weighted by Crippen LogP contribution is -2.49. The quantitative estimate of drug-likeness (QED) is 0.298. The van der Waals surface area contributed by atoms with Gasteiger partial charge >= 0.3 is 5.97 Å². The number of aliphatic carboxylic acids is 1. The molecule has 6 aliphatic rings. The molecule has 5 atom stereocenters. The molecule has 3 unspecified atom stereocenters. The topological polar surface area (TPSA) is 163 Å². The summed E-state index contributed by atoms with van der Waals surface area (Å²) in [6, 6.07) is 0.0113. The first-order valence-corrected chi connectivity index (χ1v) is 17.4. The van der Waals surface area contributed by atoms with Gasteiger partial charge in [-0.25, -0.2) is 13.5 Å². The zero-order valence-corrected chi connectivity index (χ0v) is 28.7. The lowest BCUT2D eigenvalue weighted by Gasteiger charge is -2.37. The first-order valence-electron chi connectivity index (χ1n) is 17.4. The fourth-order valence-electron chi connectivity index (χ4n) is 8.55. The van der Waals surface area contributed by atoms with Crippen LogP contribution in [0.25, 0.3) is 0 Å². The van der Waals surface area contributed by atoms with Crippen LogP contribution in [0, 0.1) is 17.7 Å². The van der Waals surface area contributed by atoms with Crippen molar-refractivity contribution in [1.82, 2.24) is 24.8 Å². The van der Waals surface area contributed by atoms with Crippen molar-refractivity contribution in [2.75, 3.05) is 50.2 Å². The van der Waals surface area contributed by atoms with E-state index in [1.165, 1.54) is 36.0 Å². The second-order valence-electron chi connectivity index (χ2n) is 14.2. The molecule has 3 saturated heterocycles. The highest BCUT2D eigenvalue weighted by Gasteiger charge is 2.57. The normalized spacial score (nSPS) is 28.7. The molecule has 2 aromatic rings. The van der Waals surface area contributed by atoms with E-state index >= 15 is 8.78 Å². The van der Waals surface area contributed by atoms with Crippen molar-refractivity contribution in [2.24, 2.45) is 17.0 Å². The van der Waals surface area contributed by atoms with Crippen LogP contribution in [0.15, 0.2) is 41.7 Å². The smallest absolute Gasteiger partial charge is 0.316 e. The summed E-state index contributed by atoms with van der Waals surface area (Å²) in [6.07, 6.45) is 10.8. The number of rotatable bonds is 9. The number of halogens is 2. The van der Waals surface area contributed by atoms with Gasteiger partial charge in [-0.1, -0.05) is 28.6 Å². The number of benzene rings is 1. The number of ether oxygens (including phenoxy) is 1. The van der Waals surface area contributed by atoms with Crippen LogP contribution in [0.1, 0.15) is 41.7 Å². The summed E-state index contributed by atoms with van der Waals surface area (Å²) in [5, 5.41) is 21.7. The number of carboxylic acids is 1. The van der Waals surface area contributed by atoms with Crippen LogP contribution < -0.4 is 14.5 Å². The van der Waals surface area contributed by atoms with Gasteiger partial charge in [-0.05, 0) is 43.7 Å². The Hall–Kier alpha value is -5.35. The summed E-state index contributed by atoms with van der Waals surface area (Å²) < 4.78 is 39.2. The van der Waals surface area contributed by atoms with E-state index in [1.807, 2.05) is 9.80 Å². The van der Waals surface area contributed by atoms with E-state index in [0.717, 1.165) is 31.7 Å². The molecule has 1 N–H and O–H groups in total. The molecule has 0 spiro atoms. The molecule has 52 heavy (non-hydrogen) atoms. The van der Waals surface area contributed by atoms with Crippen LogP contribution in [0.4, 0.5) is 20.2 Å². The average molecular weight is 721 g/mol. The number of carbonyl (C=O) groups is 4. The molecule has 5 heterocycles. The number of alkyl halides is 1. The van der Waals surface area contributed by atoms with Crippen molar-refractivity contribution >= 4 is 40.7 Å². The first kappa shape index (κ1) is 33.8. The van der Waals surface area contributed by atoms with Gasteiger partial charge in [-0.2, -0.15) is 0 Å². The maximum Gasteiger partial charge on any atom is 0.316 e. The number of ketones is 1. The van der Waals surface area contributed by atoms with Crippen LogP contribution in [-0.4, -0.2) is 123 Å². The van der Waals surface area contributed by atoms with Gasteiger partial charge in [0.05, 0.1) is 37.6 Å². The van der Waals surface area contributed by atoms with Gasteiger partial charge in [0.2, 0.25) is 11.6 Å². The highest BCUT2D eigenvalue weighted by atomic mass is 19.1. The lowest BCUT2D eigenvalue weighted by atomic mass is 9.89. The van der Waals surface area contributed by atoms with Crippen LogP contribution in [0.3, 0.4) is 0 Å². The Balaban J connectivity index is 0.994. The Morgan fingerprint density at radius 3 is 2.65 bits per heavy atom. The molecule has 0 radical (unpaired) electrons. The van der Waals surface area contributed by atoms with E-state index in [-0.39, 0.29) is 66.3 Å². The third-order valence-corrected chi connectivity index (χ3v) is 11.1. The van der Waals surface area contributed by atoms with Crippen LogP contribution in [-0.2, 0) is 32.3 Å². The highest BCUT2D eigenvalue weighted by molar-refractivity contribution is 6.45. The third kappa shape index (κ3) is 5.39. The molecular formula is C35H38F2N8O7. The number of fused-ring (bicyclic) bond motifs is 3. The number of carbonyl (C=O) groups excluding carboxylic acids is 3. The van der Waals surface area contributed by atoms with E-state index in [0.29, 0.717) is 31.0 Å². The molecule has 17 heteroatoms. The summed E-state index contributed by atoms with van der Waals surface area (Å²) in [5.74, 6) is -4.44. The molecule has 0 bridgehead atoms. The van der Waals surface area contributed by atoms with Gasteiger partial charge in [0.15, 0.2) is 23.1 Å². The highest BCUT2D eigenvalue weighted by Crippen LogP contribution is 2.50. The summed E-state index contributed by atoms with van der Waals surface area (Å²) in [5.41, 5.74) is -1.51. The number of allylic oxidation sites excluding steroid dienone is 2. The number of likely N-dealkylation sites (tertiary alicyclic amines) is 2. The number of oxime groups is 1. The molecule has 4 aliphatic heterocycles. The van der Waals surface area contributed by atoms with Crippen molar-refractivity contribution in [3.8, 4) is 5.75 Å². The Kier molecular flexibility index (Phi) is 8.25. The minimum atomic E-state index is -2.16. The fraction of sp³-hybridized carbons (Fsp3) is 0.514. The second-order valence-corrected chi connectivity index (χ2v) is 14.2. The molecule has 8 rings (SSSR count). The number of hydrogen-bond donors (Lipinski definition) is 1. The van der Waals surface area contributed by atoms with E-state index < -0.39 is 41.1 Å². The Morgan fingerprint density at radius 1 is 1.12 bits per heavy atom. The number of amides is 2. The van der Waals surface area contributed by atoms with Gasteiger partial charge < -0.3 is 34.3 Å². The van der Waals surface area contributed by atoms with Gasteiger partial charge in [0, 0.05) is 37.8 Å². The minimum Gasteiger partial charge on any atom is -0.492 e. The number of aromatic nitrogens is 3. The molecule has 1 aromatic heterocycles. The van der Waals surface area contributed by atoms with Gasteiger partial charge in [-0.15, -0.1) is 5.10 Å². The summed E-state index contributed by atoms with van der Waals surface area (Å²) in [7, 11) is 2.67. The number of methoxy groups -OCH3 is 1. The van der Waals surface area contributed by atoms with Crippen molar-refractivity contribution in [1.29, 1.82) is 0 Å². The van der Waals surface area contributed by atoms with Crippen LogP contribution in [0.2, 0.25) is 0 Å². The molecule has 274 valence electrons. The number of nitrogens with zero attached hydrogens (tertiary/aromatic N) is 8. The maximum absolute atomic E-state index is 16.1. The summed E-state index contributed by atoms with van der Waals surface area (Å²) in [4.78, 5) is 63.7. The Bertz CT molecular complexity index is 1940. The standard InChI is InChI=1S/C35H38F2N8O7/c1-51-31-28-22(30(47)23(34(49)50)16-44(28)21-8-9-21)12-24(36)29(31)41-13-19-6-5-11-43(25(19)17-41)27(46)18-42-14-20(38-40-42)15-45-26-7-3-4-10-35(26,37)32(33(45)48)39-52-2/h3-4,7,10,12,14,19,21,23,25-26H,5-6,8-9,11,13,15-18H2,1-2H3,(H,49,50)/b39-32+/t19-,23?,25+,26?,35?/m1/s1. The van der Waals surface area contributed by atoms with Crippen molar-refractivity contribution in [3.05, 3.63) is 53.6 Å². The largest absolute Gasteiger partial charge is 0.492 e. The van der Waals surface area contributed by atoms with E-state index in [4.69, 9.17) is 9.57 Å². The molecule has 1 saturated carbocycles. The van der Waals surface area contributed by atoms with Gasteiger partial charge in [-0.3, -0.25) is 19.2 Å². The molecule has 15 nitrogen and oxygen atoms in total. The number of carboxylic acid groups (broad SMARTS) is 1. The Labute approximate surface area is 297 Å². The predicted molar refractivity (Wildman–Crippen MR) is 180 cm³/mol. The lowest BCUT2D eigenvalue weighted by molar-refractivity contribution is -0.140. The zero-order valence-electron chi connectivity index (χ0n) is 28.7. The maximum atomic E-state index is 16.1. The summed E-state index contributed by atoms with van der Waals surface area (Å²) >= 11 is 0.